The molecule has 1 fully saturated rings. The minimum absolute atomic E-state index is 0.00395. The molecule has 4 heterocycles. The van der Waals surface area contributed by atoms with Gasteiger partial charge in [0, 0.05) is 42.3 Å². The molecule has 204 valence electrons. The van der Waals surface area contributed by atoms with E-state index in [4.69, 9.17) is 0 Å². The fourth-order valence-corrected chi connectivity index (χ4v) is 6.86. The molecule has 1 aliphatic rings. The maximum atomic E-state index is 13.5. The quantitative estimate of drug-likeness (QED) is 0.275. The molecule has 0 saturated carbocycles. The third-order valence-electron chi connectivity index (χ3n) is 7.87. The van der Waals surface area contributed by atoms with E-state index in [0.717, 1.165) is 69.8 Å². The van der Waals surface area contributed by atoms with Crippen LogP contribution in [0.5, 0.6) is 0 Å². The molecule has 7 heteroatoms. The maximum absolute atomic E-state index is 13.5. The first-order valence-electron chi connectivity index (χ1n) is 13.9. The number of aryl methyl sites for hydroxylation is 2. The van der Waals surface area contributed by atoms with Crippen LogP contribution in [-0.4, -0.2) is 46.3 Å². The van der Waals surface area contributed by atoms with Crippen molar-refractivity contribution in [1.29, 1.82) is 0 Å². The summed E-state index contributed by atoms with van der Waals surface area (Å²) in [7, 11) is 0. The molecular weight excluding hydrogens is 504 g/mol. The van der Waals surface area contributed by atoms with Gasteiger partial charge in [-0.15, -0.1) is 11.3 Å². The average molecular weight is 543 g/mol. The van der Waals surface area contributed by atoms with Gasteiger partial charge in [-0.3, -0.25) is 14.6 Å². The molecular formula is C32H38N4O2S. The lowest BCUT2D eigenvalue weighted by atomic mass is 9.88. The highest BCUT2D eigenvalue weighted by Crippen LogP contribution is 2.43. The Labute approximate surface area is 234 Å². The lowest BCUT2D eigenvalue weighted by molar-refractivity contribution is -0.135. The van der Waals surface area contributed by atoms with Crippen LogP contribution < -0.4 is 5.32 Å². The molecule has 1 atom stereocenters. The number of thiophene rings is 1. The van der Waals surface area contributed by atoms with Crippen molar-refractivity contribution in [3.8, 4) is 11.3 Å². The van der Waals surface area contributed by atoms with Crippen molar-refractivity contribution in [2.75, 3.05) is 19.6 Å². The monoisotopic (exact) mass is 542 g/mol. The van der Waals surface area contributed by atoms with E-state index >= 15 is 0 Å². The Hall–Kier alpha value is -3.45. The first-order chi connectivity index (χ1) is 18.6. The van der Waals surface area contributed by atoms with Crippen LogP contribution in [0.4, 0.5) is 0 Å². The Balaban J connectivity index is 1.50. The second-order valence-electron chi connectivity index (χ2n) is 11.4. The third kappa shape index (κ3) is 5.50. The molecule has 6 nitrogen and oxygen atoms in total. The molecule has 0 spiro atoms. The Morgan fingerprint density at radius 3 is 2.41 bits per heavy atom. The van der Waals surface area contributed by atoms with Crippen LogP contribution in [0.3, 0.4) is 0 Å². The number of amides is 2. The Morgan fingerprint density at radius 1 is 1.08 bits per heavy atom. The predicted octanol–water partition coefficient (Wildman–Crippen LogP) is 6.27. The van der Waals surface area contributed by atoms with Crippen molar-refractivity contribution in [2.24, 2.45) is 0 Å². The van der Waals surface area contributed by atoms with E-state index in [-0.39, 0.29) is 17.7 Å². The highest BCUT2D eigenvalue weighted by molar-refractivity contribution is 7.19. The fourth-order valence-electron chi connectivity index (χ4n) is 5.69. The summed E-state index contributed by atoms with van der Waals surface area (Å²) in [5.41, 5.74) is 5.94. The van der Waals surface area contributed by atoms with Gasteiger partial charge < -0.3 is 15.2 Å². The minimum Gasteiger partial charge on any atom is -0.355 e. The highest BCUT2D eigenvalue weighted by Gasteiger charge is 2.37. The van der Waals surface area contributed by atoms with Gasteiger partial charge in [-0.05, 0) is 101 Å². The molecule has 4 aromatic rings. The lowest BCUT2D eigenvalue weighted by Crippen LogP contribution is -2.41. The molecule has 2 N–H and O–H groups in total. The van der Waals surface area contributed by atoms with Crippen molar-refractivity contribution in [3.05, 3.63) is 75.9 Å². The fraction of sp³-hybridized carbons (Fsp3) is 0.406. The molecule has 1 aromatic carbocycles. The van der Waals surface area contributed by atoms with Gasteiger partial charge in [0.25, 0.3) is 0 Å². The van der Waals surface area contributed by atoms with Crippen LogP contribution in [0.1, 0.15) is 66.7 Å². The summed E-state index contributed by atoms with van der Waals surface area (Å²) in [4.78, 5) is 38.7. The Morgan fingerprint density at radius 2 is 1.74 bits per heavy atom. The zero-order chi connectivity index (χ0) is 27.7. The van der Waals surface area contributed by atoms with E-state index in [1.807, 2.05) is 37.8 Å². The Bertz CT molecular complexity index is 1480. The summed E-state index contributed by atoms with van der Waals surface area (Å²) in [6.45, 7) is 12.5. The number of rotatable bonds is 8. The average Bonchev–Trinajstić information content (AvgIpc) is 3.64. The number of carbonyl (C=O) groups is 2. The molecule has 3 aromatic heterocycles. The standard InChI is InChI=1S/C32H38N4O2S/c1-20-16-21(2)18-24(17-20)28-27(22(3)29(37)34-13-10-23-8-11-33-12-9-23)25-19-26(39-30(25)35-28)32(4,5)31(38)36-14-6-7-15-36/h8-9,11-12,16-19,22,35H,6-7,10,13-15H2,1-5H3,(H,34,37)/t22-/m0/s1. The van der Waals surface area contributed by atoms with Crippen LogP contribution in [0.15, 0.2) is 48.8 Å². The molecule has 1 saturated heterocycles. The molecule has 2 amide bonds. The zero-order valence-electron chi connectivity index (χ0n) is 23.6. The number of likely N-dealkylation sites (tertiary alicyclic amines) is 1. The number of aromatic amines is 1. The number of nitrogens with one attached hydrogen (secondary N) is 2. The molecule has 0 radical (unpaired) electrons. The maximum Gasteiger partial charge on any atom is 0.233 e. The highest BCUT2D eigenvalue weighted by atomic mass is 32.1. The van der Waals surface area contributed by atoms with E-state index in [0.29, 0.717) is 6.54 Å². The van der Waals surface area contributed by atoms with E-state index in [1.54, 1.807) is 23.7 Å². The number of benzene rings is 1. The summed E-state index contributed by atoms with van der Waals surface area (Å²) < 4.78 is 0. The molecule has 1 aliphatic heterocycles. The van der Waals surface area contributed by atoms with Gasteiger partial charge in [0.1, 0.15) is 4.83 Å². The van der Waals surface area contributed by atoms with Gasteiger partial charge in [0.2, 0.25) is 11.8 Å². The lowest BCUT2D eigenvalue weighted by Gasteiger charge is -2.28. The van der Waals surface area contributed by atoms with Gasteiger partial charge in [-0.25, -0.2) is 0 Å². The molecule has 5 rings (SSSR count). The second-order valence-corrected chi connectivity index (χ2v) is 12.4. The van der Waals surface area contributed by atoms with E-state index in [2.05, 4.69) is 53.4 Å². The molecule has 39 heavy (non-hydrogen) atoms. The number of nitrogens with zero attached hydrogens (tertiary/aromatic N) is 2. The molecule has 0 bridgehead atoms. The first kappa shape index (κ1) is 27.1. The number of carbonyl (C=O) groups excluding carboxylic acids is 2. The summed E-state index contributed by atoms with van der Waals surface area (Å²) in [5.74, 6) is -0.190. The Kier molecular flexibility index (Phi) is 7.63. The number of fused-ring (bicyclic) bond motifs is 1. The minimum atomic E-state index is -0.623. The van der Waals surface area contributed by atoms with E-state index in [9.17, 15) is 9.59 Å². The number of pyridine rings is 1. The zero-order valence-corrected chi connectivity index (χ0v) is 24.4. The summed E-state index contributed by atoms with van der Waals surface area (Å²) in [6, 6.07) is 12.6. The van der Waals surface area contributed by atoms with Gasteiger partial charge in [-0.1, -0.05) is 17.2 Å². The van der Waals surface area contributed by atoms with E-state index < -0.39 is 5.41 Å². The third-order valence-corrected chi connectivity index (χ3v) is 9.25. The smallest absolute Gasteiger partial charge is 0.233 e. The number of aromatic nitrogens is 2. The van der Waals surface area contributed by atoms with Crippen molar-refractivity contribution in [1.82, 2.24) is 20.2 Å². The van der Waals surface area contributed by atoms with Crippen LogP contribution in [0.2, 0.25) is 0 Å². The van der Waals surface area contributed by atoms with Crippen LogP contribution in [0.25, 0.3) is 21.5 Å². The summed E-state index contributed by atoms with van der Waals surface area (Å²) in [5, 5.41) is 4.18. The van der Waals surface area contributed by atoms with Crippen LogP contribution in [-0.2, 0) is 21.4 Å². The number of hydrogen-bond donors (Lipinski definition) is 2. The van der Waals surface area contributed by atoms with Crippen molar-refractivity contribution in [2.45, 2.75) is 65.2 Å². The topological polar surface area (TPSA) is 78.1 Å². The molecule has 0 aliphatic carbocycles. The summed E-state index contributed by atoms with van der Waals surface area (Å²) in [6.07, 6.45) is 6.45. The van der Waals surface area contributed by atoms with Crippen LogP contribution >= 0.6 is 11.3 Å². The van der Waals surface area contributed by atoms with Gasteiger partial charge in [0.05, 0.1) is 17.0 Å². The predicted molar refractivity (Wildman–Crippen MR) is 159 cm³/mol. The SMILES string of the molecule is Cc1cc(C)cc(-c2[nH]c3sc(C(C)(C)C(=O)N4CCCC4)cc3c2[C@H](C)C(=O)NCCc2ccncc2)c1. The van der Waals surface area contributed by atoms with Gasteiger partial charge >= 0.3 is 0 Å². The van der Waals surface area contributed by atoms with Crippen molar-refractivity contribution in [3.63, 3.8) is 0 Å². The first-order valence-corrected chi connectivity index (χ1v) is 14.7. The second kappa shape index (κ2) is 11.0. The molecule has 0 unspecified atom stereocenters. The summed E-state index contributed by atoms with van der Waals surface area (Å²) >= 11 is 1.63. The number of hydrogen-bond acceptors (Lipinski definition) is 4. The van der Waals surface area contributed by atoms with Crippen molar-refractivity contribution >= 4 is 33.4 Å². The normalized spacial score (nSPS) is 14.6. The van der Waals surface area contributed by atoms with E-state index in [1.165, 1.54) is 11.1 Å². The largest absolute Gasteiger partial charge is 0.355 e. The van der Waals surface area contributed by atoms with Crippen molar-refractivity contribution < 1.29 is 9.59 Å². The van der Waals surface area contributed by atoms with Crippen LogP contribution in [0, 0.1) is 13.8 Å². The number of H-pyrrole nitrogens is 1. The van der Waals surface area contributed by atoms with Gasteiger partial charge in [0.15, 0.2) is 0 Å². The van der Waals surface area contributed by atoms with Gasteiger partial charge in [-0.2, -0.15) is 0 Å².